The third-order valence-electron chi connectivity index (χ3n) is 3.32. The lowest BCUT2D eigenvalue weighted by Gasteiger charge is -2.29. The van der Waals surface area contributed by atoms with Crippen LogP contribution in [-0.2, 0) is 6.42 Å². The van der Waals surface area contributed by atoms with Crippen molar-refractivity contribution in [2.75, 3.05) is 6.61 Å². The number of fused-ring (bicyclic) bond motifs is 1. The van der Waals surface area contributed by atoms with Crippen LogP contribution in [0, 0.1) is 3.57 Å². The number of hydrogen-bond acceptors (Lipinski definition) is 3. The van der Waals surface area contributed by atoms with Crippen LogP contribution in [0.5, 0.6) is 11.5 Å². The van der Waals surface area contributed by atoms with Gasteiger partial charge in [-0.2, -0.15) is 0 Å². The SMILES string of the molecule is OC(Cc1ccc(I)cc1)C1COc2ccccc2O1. The van der Waals surface area contributed by atoms with Gasteiger partial charge in [-0.1, -0.05) is 24.3 Å². The molecule has 20 heavy (non-hydrogen) atoms. The number of benzene rings is 2. The number of ether oxygens (including phenoxy) is 2. The number of hydrogen-bond donors (Lipinski definition) is 1. The molecule has 0 spiro atoms. The van der Waals surface area contributed by atoms with Crippen molar-refractivity contribution in [3.05, 3.63) is 57.7 Å². The van der Waals surface area contributed by atoms with Gasteiger partial charge in [-0.05, 0) is 52.4 Å². The summed E-state index contributed by atoms with van der Waals surface area (Å²) in [4.78, 5) is 0. The zero-order valence-corrected chi connectivity index (χ0v) is 13.0. The maximum absolute atomic E-state index is 10.3. The monoisotopic (exact) mass is 382 g/mol. The van der Waals surface area contributed by atoms with E-state index in [0.717, 1.165) is 11.3 Å². The molecule has 0 amide bonds. The Balaban J connectivity index is 1.67. The number of para-hydroxylation sites is 2. The summed E-state index contributed by atoms with van der Waals surface area (Å²) in [6.45, 7) is 0.378. The maximum atomic E-state index is 10.3. The second kappa shape index (κ2) is 6.01. The lowest BCUT2D eigenvalue weighted by atomic mass is 10.0. The molecule has 1 aliphatic rings. The highest BCUT2D eigenvalue weighted by Crippen LogP contribution is 2.31. The van der Waals surface area contributed by atoms with Gasteiger partial charge < -0.3 is 14.6 Å². The summed E-state index contributed by atoms with van der Waals surface area (Å²) in [6, 6.07) is 15.7. The first-order chi connectivity index (χ1) is 9.72. The average Bonchev–Trinajstić information content (AvgIpc) is 2.49. The Morgan fingerprint density at radius 2 is 1.80 bits per heavy atom. The molecule has 0 aromatic heterocycles. The quantitative estimate of drug-likeness (QED) is 0.830. The molecule has 3 rings (SSSR count). The molecule has 0 saturated heterocycles. The predicted octanol–water partition coefficient (Wildman–Crippen LogP) is 3.03. The number of rotatable bonds is 3. The second-order valence-corrected chi connectivity index (χ2v) is 6.06. The smallest absolute Gasteiger partial charge is 0.161 e. The van der Waals surface area contributed by atoms with E-state index < -0.39 is 6.10 Å². The first kappa shape index (κ1) is 13.7. The fourth-order valence-corrected chi connectivity index (χ4v) is 2.58. The third-order valence-corrected chi connectivity index (χ3v) is 4.04. The molecule has 3 nitrogen and oxygen atoms in total. The van der Waals surface area contributed by atoms with Gasteiger partial charge in [-0.25, -0.2) is 0 Å². The Labute approximate surface area is 131 Å². The number of halogens is 1. The van der Waals surface area contributed by atoms with E-state index in [-0.39, 0.29) is 6.10 Å². The van der Waals surface area contributed by atoms with E-state index in [1.807, 2.05) is 48.5 Å². The molecule has 2 aromatic carbocycles. The first-order valence-electron chi connectivity index (χ1n) is 6.53. The van der Waals surface area contributed by atoms with E-state index in [4.69, 9.17) is 9.47 Å². The Bertz CT molecular complexity index is 583. The van der Waals surface area contributed by atoms with E-state index in [9.17, 15) is 5.11 Å². The molecular formula is C16H15IO3. The molecule has 0 radical (unpaired) electrons. The minimum Gasteiger partial charge on any atom is -0.486 e. The van der Waals surface area contributed by atoms with E-state index in [0.29, 0.717) is 18.8 Å². The lowest BCUT2D eigenvalue weighted by Crippen LogP contribution is -2.40. The van der Waals surface area contributed by atoms with E-state index >= 15 is 0 Å². The van der Waals surface area contributed by atoms with Gasteiger partial charge in [0, 0.05) is 9.99 Å². The highest BCUT2D eigenvalue weighted by Gasteiger charge is 2.27. The molecule has 0 aliphatic carbocycles. The van der Waals surface area contributed by atoms with Gasteiger partial charge >= 0.3 is 0 Å². The third kappa shape index (κ3) is 3.07. The van der Waals surface area contributed by atoms with Gasteiger partial charge in [0.2, 0.25) is 0 Å². The normalized spacial score (nSPS) is 18.6. The standard InChI is InChI=1S/C16H15IO3/c17-12-7-5-11(6-8-12)9-13(18)16-10-19-14-3-1-2-4-15(14)20-16/h1-8,13,16,18H,9-10H2. The fourth-order valence-electron chi connectivity index (χ4n) is 2.22. The molecular weight excluding hydrogens is 367 g/mol. The highest BCUT2D eigenvalue weighted by atomic mass is 127. The molecule has 2 aromatic rings. The van der Waals surface area contributed by atoms with Gasteiger partial charge in [0.15, 0.2) is 17.6 Å². The topological polar surface area (TPSA) is 38.7 Å². The summed E-state index contributed by atoms with van der Waals surface area (Å²) < 4.78 is 12.6. The van der Waals surface area contributed by atoms with E-state index in [1.54, 1.807) is 0 Å². The summed E-state index contributed by atoms with van der Waals surface area (Å²) in [5.74, 6) is 1.44. The van der Waals surface area contributed by atoms with Crippen molar-refractivity contribution in [1.82, 2.24) is 0 Å². The molecule has 1 aliphatic heterocycles. The van der Waals surface area contributed by atoms with Crippen LogP contribution in [0.1, 0.15) is 5.56 Å². The summed E-state index contributed by atoms with van der Waals surface area (Å²) in [5.41, 5.74) is 1.10. The van der Waals surface area contributed by atoms with Crippen LogP contribution in [0.3, 0.4) is 0 Å². The molecule has 0 bridgehead atoms. The molecule has 104 valence electrons. The van der Waals surface area contributed by atoms with Crippen LogP contribution in [0.2, 0.25) is 0 Å². The minimum absolute atomic E-state index is 0.329. The van der Waals surface area contributed by atoms with Crippen LogP contribution in [-0.4, -0.2) is 23.9 Å². The summed E-state index contributed by atoms with van der Waals surface area (Å²) in [6.07, 6.45) is -0.347. The van der Waals surface area contributed by atoms with Gasteiger partial charge in [-0.15, -0.1) is 0 Å². The van der Waals surface area contributed by atoms with Crippen molar-refractivity contribution < 1.29 is 14.6 Å². The summed E-state index contributed by atoms with van der Waals surface area (Å²) >= 11 is 2.27. The van der Waals surface area contributed by atoms with Crippen molar-refractivity contribution in [2.24, 2.45) is 0 Å². The molecule has 2 atom stereocenters. The average molecular weight is 382 g/mol. The van der Waals surface area contributed by atoms with Gasteiger partial charge in [-0.3, -0.25) is 0 Å². The molecule has 2 unspecified atom stereocenters. The zero-order chi connectivity index (χ0) is 13.9. The van der Waals surface area contributed by atoms with E-state index in [1.165, 1.54) is 3.57 Å². The minimum atomic E-state index is -0.580. The maximum Gasteiger partial charge on any atom is 0.161 e. The van der Waals surface area contributed by atoms with Gasteiger partial charge in [0.05, 0.1) is 6.10 Å². The van der Waals surface area contributed by atoms with Crippen LogP contribution < -0.4 is 9.47 Å². The second-order valence-electron chi connectivity index (χ2n) is 4.81. The number of aliphatic hydroxyl groups is 1. The Morgan fingerprint density at radius 1 is 1.10 bits per heavy atom. The first-order valence-corrected chi connectivity index (χ1v) is 7.61. The Morgan fingerprint density at radius 3 is 2.55 bits per heavy atom. The van der Waals surface area contributed by atoms with Crippen molar-refractivity contribution >= 4 is 22.6 Å². The molecule has 1 heterocycles. The Kier molecular flexibility index (Phi) is 4.12. The van der Waals surface area contributed by atoms with Crippen LogP contribution in [0.25, 0.3) is 0 Å². The Hall–Kier alpha value is -1.27. The molecule has 0 saturated carbocycles. The van der Waals surface area contributed by atoms with Gasteiger partial charge in [0.1, 0.15) is 6.61 Å². The molecule has 0 fully saturated rings. The summed E-state index contributed by atoms with van der Waals surface area (Å²) in [7, 11) is 0. The number of aliphatic hydroxyl groups excluding tert-OH is 1. The van der Waals surface area contributed by atoms with Crippen molar-refractivity contribution in [3.63, 3.8) is 0 Å². The predicted molar refractivity (Wildman–Crippen MR) is 85.2 cm³/mol. The molecule has 1 N–H and O–H groups in total. The lowest BCUT2D eigenvalue weighted by molar-refractivity contribution is -0.00941. The van der Waals surface area contributed by atoms with Crippen molar-refractivity contribution in [3.8, 4) is 11.5 Å². The van der Waals surface area contributed by atoms with Crippen LogP contribution in [0.15, 0.2) is 48.5 Å². The highest BCUT2D eigenvalue weighted by molar-refractivity contribution is 14.1. The fraction of sp³-hybridized carbons (Fsp3) is 0.250. The van der Waals surface area contributed by atoms with E-state index in [2.05, 4.69) is 22.6 Å². The van der Waals surface area contributed by atoms with Crippen LogP contribution in [0.4, 0.5) is 0 Å². The van der Waals surface area contributed by atoms with Crippen LogP contribution >= 0.6 is 22.6 Å². The van der Waals surface area contributed by atoms with Crippen molar-refractivity contribution in [1.29, 1.82) is 0 Å². The largest absolute Gasteiger partial charge is 0.486 e. The molecule has 4 heteroatoms. The van der Waals surface area contributed by atoms with Crippen molar-refractivity contribution in [2.45, 2.75) is 18.6 Å². The zero-order valence-electron chi connectivity index (χ0n) is 10.8. The van der Waals surface area contributed by atoms with Gasteiger partial charge in [0.25, 0.3) is 0 Å². The summed E-state index contributed by atoms with van der Waals surface area (Å²) in [5, 5.41) is 10.3.